The maximum atomic E-state index is 12.7. The van der Waals surface area contributed by atoms with E-state index in [1.54, 1.807) is 18.3 Å². The van der Waals surface area contributed by atoms with E-state index in [1.165, 1.54) is 0 Å². The maximum absolute atomic E-state index is 12.7. The first kappa shape index (κ1) is 22.4. The van der Waals surface area contributed by atoms with Crippen molar-refractivity contribution in [3.63, 3.8) is 0 Å². The number of nitrogens with zero attached hydrogens (tertiary/aromatic N) is 3. The number of anilines is 2. The third-order valence-electron chi connectivity index (χ3n) is 6.97. The minimum Gasteiger partial charge on any atom is -0.452 e. The van der Waals surface area contributed by atoms with E-state index in [9.17, 15) is 4.79 Å². The predicted octanol–water partition coefficient (Wildman–Crippen LogP) is 6.29. The van der Waals surface area contributed by atoms with Gasteiger partial charge in [-0.25, -0.2) is 9.97 Å². The van der Waals surface area contributed by atoms with E-state index in [1.807, 2.05) is 48.5 Å². The van der Waals surface area contributed by atoms with E-state index >= 15 is 0 Å². The van der Waals surface area contributed by atoms with Gasteiger partial charge in [0.1, 0.15) is 16.9 Å². The van der Waals surface area contributed by atoms with Crippen molar-refractivity contribution in [3.05, 3.63) is 96.7 Å². The molecule has 7 nitrogen and oxygen atoms in total. The Kier molecular flexibility index (Phi) is 5.48. The zero-order chi connectivity index (χ0) is 25.5. The van der Waals surface area contributed by atoms with Gasteiger partial charge in [0, 0.05) is 35.6 Å². The number of furan rings is 1. The number of carbonyl (C=O) groups excluding carboxylic acids is 1. The van der Waals surface area contributed by atoms with Crippen LogP contribution in [0.1, 0.15) is 10.4 Å². The number of hydrogen-bond acceptors (Lipinski definition) is 6. The number of nitrogens with one attached hydrogen (secondary N) is 1. The van der Waals surface area contributed by atoms with Crippen LogP contribution in [-0.2, 0) is 4.74 Å². The average Bonchev–Trinajstić information content (AvgIpc) is 3.34. The van der Waals surface area contributed by atoms with Gasteiger partial charge >= 0.3 is 0 Å². The fraction of sp³-hybridized carbons (Fsp3) is 0.129. The lowest BCUT2D eigenvalue weighted by molar-refractivity contribution is 0.102. The standard InChI is InChI=1S/C31H24N4O3/c36-31(20-6-2-1-3-7-20)34-27-19-22(12-13-32-27)21-10-11-25-24(18-21)29(35-14-16-37-17-15-35)30-28(33-25)23-8-4-5-9-26(23)38-30/h1-13,18-19H,14-17H2,(H,32,34,36). The van der Waals surface area contributed by atoms with Gasteiger partial charge in [0.15, 0.2) is 5.58 Å². The second kappa shape index (κ2) is 9.28. The number of benzene rings is 3. The van der Waals surface area contributed by atoms with Crippen LogP contribution in [0.5, 0.6) is 0 Å². The molecule has 3 aromatic heterocycles. The molecule has 7 heteroatoms. The molecule has 0 bridgehead atoms. The zero-order valence-corrected chi connectivity index (χ0v) is 20.6. The van der Waals surface area contributed by atoms with Crippen LogP contribution in [0.2, 0.25) is 0 Å². The third kappa shape index (κ3) is 3.93. The largest absolute Gasteiger partial charge is 0.452 e. The summed E-state index contributed by atoms with van der Waals surface area (Å²) in [4.78, 5) is 24.4. The lowest BCUT2D eigenvalue weighted by Gasteiger charge is -2.29. The van der Waals surface area contributed by atoms with Crippen LogP contribution in [0.15, 0.2) is 95.5 Å². The molecular formula is C31H24N4O3. The summed E-state index contributed by atoms with van der Waals surface area (Å²) in [6.07, 6.45) is 1.71. The van der Waals surface area contributed by atoms with Crippen LogP contribution in [0.4, 0.5) is 11.5 Å². The Bertz CT molecular complexity index is 1810. The van der Waals surface area contributed by atoms with Gasteiger partial charge in [0.05, 0.1) is 24.4 Å². The molecule has 186 valence electrons. The predicted molar refractivity (Wildman–Crippen MR) is 150 cm³/mol. The molecule has 1 aliphatic heterocycles. The van der Waals surface area contributed by atoms with Gasteiger partial charge in [0.25, 0.3) is 5.91 Å². The van der Waals surface area contributed by atoms with Crippen LogP contribution in [-0.4, -0.2) is 42.2 Å². The van der Waals surface area contributed by atoms with E-state index in [0.717, 1.165) is 62.9 Å². The smallest absolute Gasteiger partial charge is 0.256 e. The number of amides is 1. The highest BCUT2D eigenvalue weighted by Crippen LogP contribution is 2.40. The first-order chi connectivity index (χ1) is 18.7. The molecule has 1 saturated heterocycles. The Balaban J connectivity index is 1.35. The Morgan fingerprint density at radius 1 is 0.842 bits per heavy atom. The second-order valence-electron chi connectivity index (χ2n) is 9.32. The third-order valence-corrected chi connectivity index (χ3v) is 6.97. The number of ether oxygens (including phenoxy) is 1. The maximum Gasteiger partial charge on any atom is 0.256 e. The highest BCUT2D eigenvalue weighted by molar-refractivity contribution is 6.14. The van der Waals surface area contributed by atoms with Crippen LogP contribution in [0.25, 0.3) is 44.1 Å². The quantitative estimate of drug-likeness (QED) is 0.307. The molecule has 0 aliphatic carbocycles. The number of morpholine rings is 1. The Labute approximate surface area is 218 Å². The monoisotopic (exact) mass is 500 g/mol. The van der Waals surface area contributed by atoms with Crippen molar-refractivity contribution >= 4 is 50.4 Å². The van der Waals surface area contributed by atoms with Crippen molar-refractivity contribution in [1.29, 1.82) is 0 Å². The second-order valence-corrected chi connectivity index (χ2v) is 9.32. The zero-order valence-electron chi connectivity index (χ0n) is 20.6. The van der Waals surface area contributed by atoms with Crippen molar-refractivity contribution in [2.75, 3.05) is 36.5 Å². The fourth-order valence-electron chi connectivity index (χ4n) is 5.11. The molecular weight excluding hydrogens is 476 g/mol. The van der Waals surface area contributed by atoms with Crippen molar-refractivity contribution in [2.45, 2.75) is 0 Å². The van der Waals surface area contributed by atoms with Gasteiger partial charge in [-0.2, -0.15) is 0 Å². The van der Waals surface area contributed by atoms with Crippen molar-refractivity contribution in [3.8, 4) is 11.1 Å². The molecule has 6 aromatic rings. The summed E-state index contributed by atoms with van der Waals surface area (Å²) in [6, 6.07) is 27.3. The summed E-state index contributed by atoms with van der Waals surface area (Å²) in [5.41, 5.74) is 6.97. The van der Waals surface area contributed by atoms with E-state index in [2.05, 4.69) is 39.5 Å². The molecule has 38 heavy (non-hydrogen) atoms. The van der Waals surface area contributed by atoms with E-state index in [-0.39, 0.29) is 5.91 Å². The number of fused-ring (bicyclic) bond motifs is 4. The number of hydrogen-bond donors (Lipinski definition) is 1. The number of para-hydroxylation sites is 1. The summed E-state index contributed by atoms with van der Waals surface area (Å²) < 4.78 is 12.0. The number of carbonyl (C=O) groups is 1. The molecule has 1 fully saturated rings. The van der Waals surface area contributed by atoms with Crippen molar-refractivity contribution in [1.82, 2.24) is 9.97 Å². The number of aromatic nitrogens is 2. The summed E-state index contributed by atoms with van der Waals surface area (Å²) >= 11 is 0. The minimum absolute atomic E-state index is 0.195. The lowest BCUT2D eigenvalue weighted by Crippen LogP contribution is -2.36. The molecule has 0 atom stereocenters. The molecule has 3 aromatic carbocycles. The van der Waals surface area contributed by atoms with E-state index in [0.29, 0.717) is 24.6 Å². The minimum atomic E-state index is -0.195. The molecule has 0 unspecified atom stereocenters. The number of pyridine rings is 2. The molecule has 4 heterocycles. The molecule has 7 rings (SSSR count). The summed E-state index contributed by atoms with van der Waals surface area (Å²) in [6.45, 7) is 2.89. The molecule has 0 spiro atoms. The van der Waals surface area contributed by atoms with Crippen LogP contribution in [0, 0.1) is 0 Å². The van der Waals surface area contributed by atoms with Gasteiger partial charge < -0.3 is 19.4 Å². The molecule has 0 saturated carbocycles. The highest BCUT2D eigenvalue weighted by Gasteiger charge is 2.23. The van der Waals surface area contributed by atoms with Gasteiger partial charge in [-0.3, -0.25) is 4.79 Å². The molecule has 0 radical (unpaired) electrons. The van der Waals surface area contributed by atoms with Gasteiger partial charge in [-0.05, 0) is 59.7 Å². The van der Waals surface area contributed by atoms with Gasteiger partial charge in [0.2, 0.25) is 0 Å². The lowest BCUT2D eigenvalue weighted by atomic mass is 10.0. The van der Waals surface area contributed by atoms with E-state index in [4.69, 9.17) is 14.1 Å². The Morgan fingerprint density at radius 2 is 1.63 bits per heavy atom. The molecule has 1 N–H and O–H groups in total. The number of rotatable bonds is 4. The van der Waals surface area contributed by atoms with Crippen LogP contribution < -0.4 is 10.2 Å². The molecule has 1 aliphatic rings. The Hall–Kier alpha value is -4.75. The average molecular weight is 501 g/mol. The van der Waals surface area contributed by atoms with E-state index < -0.39 is 0 Å². The first-order valence-corrected chi connectivity index (χ1v) is 12.7. The summed E-state index contributed by atoms with van der Waals surface area (Å²) in [5, 5.41) is 4.93. The van der Waals surface area contributed by atoms with Crippen molar-refractivity contribution in [2.24, 2.45) is 0 Å². The normalized spacial score (nSPS) is 13.8. The van der Waals surface area contributed by atoms with Gasteiger partial charge in [-0.1, -0.05) is 36.4 Å². The fourth-order valence-corrected chi connectivity index (χ4v) is 5.11. The summed E-state index contributed by atoms with van der Waals surface area (Å²) in [5.74, 6) is 0.301. The topological polar surface area (TPSA) is 80.5 Å². The van der Waals surface area contributed by atoms with Gasteiger partial charge in [-0.15, -0.1) is 0 Å². The highest BCUT2D eigenvalue weighted by atomic mass is 16.5. The first-order valence-electron chi connectivity index (χ1n) is 12.7. The van der Waals surface area contributed by atoms with Crippen LogP contribution >= 0.6 is 0 Å². The summed E-state index contributed by atoms with van der Waals surface area (Å²) in [7, 11) is 0. The van der Waals surface area contributed by atoms with Crippen molar-refractivity contribution < 1.29 is 13.9 Å². The molecule has 1 amide bonds. The van der Waals surface area contributed by atoms with Crippen LogP contribution in [0.3, 0.4) is 0 Å². The Morgan fingerprint density at radius 3 is 2.50 bits per heavy atom. The SMILES string of the molecule is O=C(Nc1cc(-c2ccc3nc4c(oc5ccccc54)c(N4CCOCC4)c3c2)ccn1)c1ccccc1.